The van der Waals surface area contributed by atoms with E-state index in [9.17, 15) is 51.8 Å². The largest absolute Gasteiger partial charge is 0.477 e. The molecule has 2 fully saturated rings. The number of alkyl carbamates (subject to hydrolysis) is 1. The lowest BCUT2D eigenvalue weighted by molar-refractivity contribution is -0.157. The first-order valence-electron chi connectivity index (χ1n) is 20.5. The van der Waals surface area contributed by atoms with Crippen LogP contribution in [0.3, 0.4) is 0 Å². The molecular weight excluding hydrogens is 865 g/mol. The van der Waals surface area contributed by atoms with E-state index in [4.69, 9.17) is 15.2 Å². The molecule has 18 nitrogen and oxygen atoms in total. The number of rotatable bonds is 16. The van der Waals surface area contributed by atoms with Crippen molar-refractivity contribution in [1.82, 2.24) is 25.4 Å². The molecule has 3 atom stereocenters. The number of fused-ring (bicyclic) bond motifs is 1. The number of aryl methyl sites for hydroxylation is 1. The number of nitrogens with zero attached hydrogens (tertiary/aromatic N) is 3. The number of benzene rings is 3. The van der Waals surface area contributed by atoms with Crippen LogP contribution in [0, 0.1) is 11.7 Å². The number of carbonyl (C=O) groups excluding carboxylic acids is 5. The van der Waals surface area contributed by atoms with E-state index in [-0.39, 0.29) is 75.5 Å². The summed E-state index contributed by atoms with van der Waals surface area (Å²) < 4.78 is 69.3. The summed E-state index contributed by atoms with van der Waals surface area (Å²) in [6, 6.07) is 14.6. The second kappa shape index (κ2) is 20.0. The molecule has 1 saturated carbocycles. The standard InChI is InChI=1S/C43H46F4N8O10/c1-2-53-22-29(37(58)59)35(56)28-19-30(44)33(20-32(28)53)54-15-17-55(18-16-54)41(63)65-24-26-10-12-27(13-11-26)50-36(57)31(9-6-14-49-39(48)61)51-38(60)42(21-34(42)43(45,46)47)52-40(62)64-23-25-7-4-3-5-8-25/h3-5,7-8,10-13,19-20,22,31,34H,2,6,9,14-18,21,23-24H2,1H3,(H,50,57)(H,51,60)(H,52,62)(H,58,59)(H3,48,49,61)/t31-,34?,42?/m0/s1. The van der Waals surface area contributed by atoms with Gasteiger partial charge in [0.15, 0.2) is 0 Å². The number of pyridine rings is 1. The summed E-state index contributed by atoms with van der Waals surface area (Å²) in [6.07, 6.45) is -6.44. The van der Waals surface area contributed by atoms with Crippen LogP contribution in [0.15, 0.2) is 77.7 Å². The molecule has 7 N–H and O–H groups in total. The molecule has 1 aromatic heterocycles. The Bertz CT molecular complexity index is 2500. The minimum Gasteiger partial charge on any atom is -0.477 e. The lowest BCUT2D eigenvalue weighted by Gasteiger charge is -2.35. The van der Waals surface area contributed by atoms with Gasteiger partial charge >= 0.3 is 30.4 Å². The average molecular weight is 911 g/mol. The van der Waals surface area contributed by atoms with Crippen LogP contribution < -0.4 is 37.3 Å². The summed E-state index contributed by atoms with van der Waals surface area (Å²) in [5, 5.41) is 18.7. The molecule has 2 heterocycles. The fraction of sp³-hybridized carbons (Fsp3) is 0.372. The number of nitrogens with two attached hydrogens (primary N) is 1. The van der Waals surface area contributed by atoms with Crippen molar-refractivity contribution in [3.8, 4) is 0 Å². The zero-order valence-corrected chi connectivity index (χ0v) is 34.9. The molecule has 0 bridgehead atoms. The summed E-state index contributed by atoms with van der Waals surface area (Å²) in [7, 11) is 0. The van der Waals surface area contributed by atoms with Gasteiger partial charge in [0, 0.05) is 56.5 Å². The summed E-state index contributed by atoms with van der Waals surface area (Å²) in [5.41, 5.74) is 3.24. The van der Waals surface area contributed by atoms with Gasteiger partial charge in [0.1, 0.15) is 36.2 Å². The van der Waals surface area contributed by atoms with E-state index >= 15 is 4.39 Å². The van der Waals surface area contributed by atoms with Crippen LogP contribution in [0.25, 0.3) is 10.9 Å². The molecule has 1 aliphatic carbocycles. The monoisotopic (exact) mass is 910 g/mol. The molecule has 6 amide bonds. The van der Waals surface area contributed by atoms with Crippen LogP contribution in [-0.4, -0.2) is 101 Å². The highest BCUT2D eigenvalue weighted by atomic mass is 19.4. The van der Waals surface area contributed by atoms with Gasteiger partial charge in [-0.1, -0.05) is 42.5 Å². The Kier molecular flexibility index (Phi) is 14.5. The van der Waals surface area contributed by atoms with Gasteiger partial charge in [0.05, 0.1) is 17.1 Å². The number of urea groups is 1. The predicted molar refractivity (Wildman–Crippen MR) is 225 cm³/mol. The third kappa shape index (κ3) is 11.4. The number of halogens is 4. The third-order valence-corrected chi connectivity index (χ3v) is 11.1. The minimum atomic E-state index is -4.87. The topological polar surface area (TPSA) is 244 Å². The van der Waals surface area contributed by atoms with Crippen molar-refractivity contribution in [2.45, 2.75) is 63.7 Å². The van der Waals surface area contributed by atoms with Crippen molar-refractivity contribution in [3.63, 3.8) is 0 Å². The van der Waals surface area contributed by atoms with Crippen LogP contribution in [0.2, 0.25) is 0 Å². The van der Waals surface area contributed by atoms with Gasteiger partial charge in [-0.15, -0.1) is 0 Å². The second-order valence-corrected chi connectivity index (χ2v) is 15.4. The van der Waals surface area contributed by atoms with Crippen molar-refractivity contribution in [2.24, 2.45) is 11.7 Å². The molecule has 346 valence electrons. The number of carboxylic acids is 1. The Morgan fingerprint density at radius 1 is 0.938 bits per heavy atom. The number of piperazine rings is 1. The molecule has 3 aromatic carbocycles. The number of hydrogen-bond acceptors (Lipinski definition) is 10. The van der Waals surface area contributed by atoms with E-state index in [0.29, 0.717) is 23.2 Å². The molecule has 2 unspecified atom stereocenters. The van der Waals surface area contributed by atoms with Crippen molar-refractivity contribution in [2.75, 3.05) is 42.9 Å². The predicted octanol–water partition coefficient (Wildman–Crippen LogP) is 4.44. The number of primary amides is 1. The van der Waals surface area contributed by atoms with Crippen molar-refractivity contribution in [3.05, 3.63) is 106 Å². The number of anilines is 2. The Labute approximate surface area is 368 Å². The smallest absolute Gasteiger partial charge is 0.410 e. The van der Waals surface area contributed by atoms with E-state index in [0.717, 1.165) is 6.07 Å². The average Bonchev–Trinajstić information content (AvgIpc) is 4.03. The normalized spacial score (nSPS) is 17.4. The molecule has 4 aromatic rings. The van der Waals surface area contributed by atoms with E-state index in [1.165, 1.54) is 29.3 Å². The number of nitrogens with one attached hydrogen (secondary N) is 4. The van der Waals surface area contributed by atoms with Crippen LogP contribution >= 0.6 is 0 Å². The third-order valence-electron chi connectivity index (χ3n) is 11.1. The van der Waals surface area contributed by atoms with Gasteiger partial charge in [-0.3, -0.25) is 14.4 Å². The molecule has 0 radical (unpaired) electrons. The van der Waals surface area contributed by atoms with Crippen LogP contribution in [0.4, 0.5) is 43.3 Å². The van der Waals surface area contributed by atoms with Gasteiger partial charge in [-0.05, 0) is 61.6 Å². The van der Waals surface area contributed by atoms with Crippen LogP contribution in [0.5, 0.6) is 0 Å². The zero-order valence-electron chi connectivity index (χ0n) is 34.9. The highest BCUT2D eigenvalue weighted by Crippen LogP contribution is 2.53. The zero-order chi connectivity index (χ0) is 47.1. The number of alkyl halides is 3. The highest BCUT2D eigenvalue weighted by molar-refractivity contribution is 6.00. The van der Waals surface area contributed by atoms with Gasteiger partial charge in [-0.2, -0.15) is 13.2 Å². The molecule has 65 heavy (non-hydrogen) atoms. The van der Waals surface area contributed by atoms with E-state index in [1.54, 1.807) is 58.9 Å². The van der Waals surface area contributed by atoms with Gasteiger partial charge in [0.2, 0.25) is 17.2 Å². The fourth-order valence-electron chi connectivity index (χ4n) is 7.45. The summed E-state index contributed by atoms with van der Waals surface area (Å²) in [6.45, 7) is 2.40. The maximum absolute atomic E-state index is 15.3. The number of ether oxygens (including phenoxy) is 2. The van der Waals surface area contributed by atoms with E-state index in [2.05, 4.69) is 21.3 Å². The Morgan fingerprint density at radius 2 is 1.60 bits per heavy atom. The number of amides is 6. The summed E-state index contributed by atoms with van der Waals surface area (Å²) in [5.74, 6) is -6.47. The molecule has 22 heteroatoms. The van der Waals surface area contributed by atoms with Gasteiger partial charge < -0.3 is 55.9 Å². The SMILES string of the molecule is CCn1cc(C(=O)O)c(=O)c2cc(F)c(N3CCN(C(=O)OCc4ccc(NC(=O)[C@H](CCCNC(N)=O)NC(=O)C5(NC(=O)OCc6ccccc6)CC5C(F)(F)F)cc4)CC3)cc21. The Morgan fingerprint density at radius 3 is 2.22 bits per heavy atom. The summed E-state index contributed by atoms with van der Waals surface area (Å²) in [4.78, 5) is 91.4. The van der Waals surface area contributed by atoms with Crippen molar-refractivity contribution >= 4 is 58.3 Å². The van der Waals surface area contributed by atoms with Gasteiger partial charge in [-0.25, -0.2) is 23.6 Å². The molecule has 1 aliphatic heterocycles. The molecular formula is C43H46F4N8O10. The van der Waals surface area contributed by atoms with Crippen LogP contribution in [0.1, 0.15) is 47.7 Å². The Hall–Kier alpha value is -7.39. The van der Waals surface area contributed by atoms with Crippen LogP contribution in [-0.2, 0) is 38.8 Å². The molecule has 0 spiro atoms. The van der Waals surface area contributed by atoms with E-state index in [1.807, 2.05) is 0 Å². The van der Waals surface area contributed by atoms with E-state index < -0.39 is 82.9 Å². The lowest BCUT2D eigenvalue weighted by Crippen LogP contribution is -2.56. The summed E-state index contributed by atoms with van der Waals surface area (Å²) >= 11 is 0. The number of aromatic nitrogens is 1. The number of hydrogen-bond donors (Lipinski definition) is 6. The highest BCUT2D eigenvalue weighted by Gasteiger charge is 2.72. The first-order chi connectivity index (χ1) is 30.9. The Balaban J connectivity index is 1.04. The number of carbonyl (C=O) groups is 6. The first kappa shape index (κ1) is 47.1. The fourth-order valence-corrected chi connectivity index (χ4v) is 7.45. The van der Waals surface area contributed by atoms with Crippen molar-refractivity contribution < 1.29 is 60.9 Å². The minimum absolute atomic E-state index is 0.0249. The molecule has 6 rings (SSSR count). The lowest BCUT2D eigenvalue weighted by atomic mass is 10.1. The van der Waals surface area contributed by atoms with Crippen molar-refractivity contribution in [1.29, 1.82) is 0 Å². The maximum Gasteiger partial charge on any atom is 0.410 e. The molecule has 1 saturated heterocycles. The number of aromatic carboxylic acids is 1. The molecule has 2 aliphatic rings. The quantitative estimate of drug-likeness (QED) is 0.0678. The second-order valence-electron chi connectivity index (χ2n) is 15.4. The van der Waals surface area contributed by atoms with Gasteiger partial charge in [0.25, 0.3) is 0 Å². The first-order valence-corrected chi connectivity index (χ1v) is 20.5. The number of carboxylic acid groups (broad SMARTS) is 1. The maximum atomic E-state index is 15.3.